The molecule has 142 valence electrons. The highest BCUT2D eigenvalue weighted by Gasteiger charge is 2.59. The Labute approximate surface area is 165 Å². The van der Waals surface area contributed by atoms with Crippen molar-refractivity contribution in [1.82, 2.24) is 5.32 Å². The predicted molar refractivity (Wildman–Crippen MR) is 111 cm³/mol. The highest BCUT2D eigenvalue weighted by Crippen LogP contribution is 2.52. The number of allylic oxidation sites excluding steroid dienone is 6. The van der Waals surface area contributed by atoms with Gasteiger partial charge in [-0.05, 0) is 42.4 Å². The summed E-state index contributed by atoms with van der Waals surface area (Å²) in [5.41, 5.74) is 3.71. The number of anilines is 1. The molecule has 3 aliphatic heterocycles. The molecule has 1 amide bonds. The van der Waals surface area contributed by atoms with Crippen molar-refractivity contribution < 1.29 is 9.53 Å². The molecule has 1 saturated heterocycles. The van der Waals surface area contributed by atoms with Crippen LogP contribution in [0.15, 0.2) is 83.7 Å². The second-order valence-corrected chi connectivity index (χ2v) is 8.31. The molecule has 0 spiro atoms. The van der Waals surface area contributed by atoms with Gasteiger partial charge in [0.15, 0.2) is 0 Å². The average Bonchev–Trinajstić information content (AvgIpc) is 3.11. The molecule has 5 rings (SSSR count). The van der Waals surface area contributed by atoms with E-state index in [1.54, 1.807) is 0 Å². The monoisotopic (exact) mass is 372 g/mol. The van der Waals surface area contributed by atoms with Crippen LogP contribution in [0, 0.1) is 0 Å². The summed E-state index contributed by atoms with van der Waals surface area (Å²) in [6, 6.07) is 8.37. The highest BCUT2D eigenvalue weighted by molar-refractivity contribution is 5.91. The summed E-state index contributed by atoms with van der Waals surface area (Å²) in [6.07, 6.45) is 14.6. The third-order valence-corrected chi connectivity index (χ3v) is 6.43. The van der Waals surface area contributed by atoms with E-state index in [-0.39, 0.29) is 17.4 Å². The Hall–Kier alpha value is -3.01. The summed E-state index contributed by atoms with van der Waals surface area (Å²) in [5.74, 6) is 0.946. The number of benzene rings is 1. The van der Waals surface area contributed by atoms with Crippen LogP contribution in [-0.4, -0.2) is 24.2 Å². The molecule has 0 aromatic heterocycles. The van der Waals surface area contributed by atoms with E-state index in [4.69, 9.17) is 4.74 Å². The van der Waals surface area contributed by atoms with Gasteiger partial charge in [-0.15, -0.1) is 0 Å². The van der Waals surface area contributed by atoms with Crippen molar-refractivity contribution in [3.8, 4) is 0 Å². The molecule has 0 saturated carbocycles. The van der Waals surface area contributed by atoms with E-state index in [9.17, 15) is 4.79 Å². The van der Waals surface area contributed by atoms with Crippen molar-refractivity contribution in [2.24, 2.45) is 0 Å². The van der Waals surface area contributed by atoms with Crippen LogP contribution in [0.2, 0.25) is 0 Å². The third kappa shape index (κ3) is 2.21. The second-order valence-electron chi connectivity index (χ2n) is 8.31. The number of hydrogen-bond acceptors (Lipinski definition) is 3. The van der Waals surface area contributed by atoms with Crippen LogP contribution in [0.5, 0.6) is 0 Å². The number of para-hydroxylation sites is 1. The van der Waals surface area contributed by atoms with Gasteiger partial charge in [-0.25, -0.2) is 0 Å². The van der Waals surface area contributed by atoms with Gasteiger partial charge in [0.2, 0.25) is 5.91 Å². The van der Waals surface area contributed by atoms with Crippen molar-refractivity contribution in [2.45, 2.75) is 38.0 Å². The minimum Gasteiger partial charge on any atom is -0.486 e. The molecule has 1 aromatic carbocycles. The number of fused-ring (bicyclic) bond motifs is 4. The zero-order valence-electron chi connectivity index (χ0n) is 16.4. The topological polar surface area (TPSA) is 41.6 Å². The third-order valence-electron chi connectivity index (χ3n) is 6.43. The van der Waals surface area contributed by atoms with Gasteiger partial charge >= 0.3 is 0 Å². The molecule has 1 aliphatic carbocycles. The van der Waals surface area contributed by atoms with E-state index in [2.05, 4.69) is 72.6 Å². The number of nitrogens with zero attached hydrogens (tertiary/aromatic N) is 1. The smallest absolute Gasteiger partial charge is 0.241 e. The normalized spacial score (nSPS) is 29.4. The van der Waals surface area contributed by atoms with Gasteiger partial charge in [-0.3, -0.25) is 4.79 Å². The lowest BCUT2D eigenvalue weighted by molar-refractivity contribution is -0.118. The van der Waals surface area contributed by atoms with Crippen molar-refractivity contribution in [3.63, 3.8) is 0 Å². The molecule has 1 aromatic rings. The molecular formula is C24H24N2O2. The van der Waals surface area contributed by atoms with Crippen molar-refractivity contribution in [2.75, 3.05) is 11.4 Å². The summed E-state index contributed by atoms with van der Waals surface area (Å²) >= 11 is 0. The first-order valence-electron chi connectivity index (χ1n) is 9.74. The molecule has 0 bridgehead atoms. The van der Waals surface area contributed by atoms with Gasteiger partial charge in [0.1, 0.15) is 17.5 Å². The molecule has 4 heteroatoms. The van der Waals surface area contributed by atoms with E-state index in [1.165, 1.54) is 5.56 Å². The van der Waals surface area contributed by atoms with Crippen LogP contribution in [-0.2, 0) is 14.9 Å². The first-order valence-corrected chi connectivity index (χ1v) is 9.74. The molecular weight excluding hydrogens is 348 g/mol. The van der Waals surface area contributed by atoms with E-state index < -0.39 is 5.66 Å². The fourth-order valence-corrected chi connectivity index (χ4v) is 4.83. The van der Waals surface area contributed by atoms with Crippen LogP contribution in [0.3, 0.4) is 0 Å². The molecule has 0 unspecified atom stereocenters. The van der Waals surface area contributed by atoms with Gasteiger partial charge in [0, 0.05) is 16.7 Å². The number of carbonyl (C=O) groups is 1. The zero-order valence-corrected chi connectivity index (χ0v) is 16.4. The quantitative estimate of drug-likeness (QED) is 0.856. The van der Waals surface area contributed by atoms with E-state index in [0.29, 0.717) is 6.54 Å². The van der Waals surface area contributed by atoms with Crippen LogP contribution in [0.1, 0.15) is 26.3 Å². The Morgan fingerprint density at radius 1 is 1.25 bits per heavy atom. The zero-order chi connectivity index (χ0) is 19.5. The molecule has 3 heterocycles. The van der Waals surface area contributed by atoms with Gasteiger partial charge in [-0.2, -0.15) is 0 Å². The lowest BCUT2D eigenvalue weighted by Crippen LogP contribution is -2.58. The average molecular weight is 372 g/mol. The SMILES string of the molecule is CC1=C(/C=C/[C@@]23NC(=O)CN2c2ccccc2C3(C)C)C=C2C=CC=C[C@@H]2O1. The maximum absolute atomic E-state index is 12.4. The highest BCUT2D eigenvalue weighted by atomic mass is 16.5. The Balaban J connectivity index is 1.57. The molecule has 4 aliphatic rings. The maximum Gasteiger partial charge on any atom is 0.241 e. The number of hydrogen-bond donors (Lipinski definition) is 1. The fraction of sp³-hybridized carbons (Fsp3) is 0.292. The number of rotatable bonds is 2. The van der Waals surface area contributed by atoms with Crippen molar-refractivity contribution in [3.05, 3.63) is 89.3 Å². The van der Waals surface area contributed by atoms with Crippen LogP contribution in [0.4, 0.5) is 5.69 Å². The molecule has 1 N–H and O–H groups in total. The molecule has 28 heavy (non-hydrogen) atoms. The minimum absolute atomic E-state index is 0.00447. The Bertz CT molecular complexity index is 1020. The van der Waals surface area contributed by atoms with Crippen LogP contribution >= 0.6 is 0 Å². The van der Waals surface area contributed by atoms with Crippen LogP contribution < -0.4 is 10.2 Å². The van der Waals surface area contributed by atoms with E-state index in [1.807, 2.05) is 25.1 Å². The van der Waals surface area contributed by atoms with Crippen molar-refractivity contribution in [1.29, 1.82) is 0 Å². The summed E-state index contributed by atoms with van der Waals surface area (Å²) in [4.78, 5) is 14.6. The fourth-order valence-electron chi connectivity index (χ4n) is 4.83. The Morgan fingerprint density at radius 2 is 2.07 bits per heavy atom. The number of amides is 1. The molecule has 2 atom stereocenters. The first-order chi connectivity index (χ1) is 13.4. The second kappa shape index (κ2) is 5.74. The largest absolute Gasteiger partial charge is 0.486 e. The minimum atomic E-state index is -0.585. The summed E-state index contributed by atoms with van der Waals surface area (Å²) < 4.78 is 6.08. The lowest BCUT2D eigenvalue weighted by Gasteiger charge is -2.40. The van der Waals surface area contributed by atoms with E-state index in [0.717, 1.165) is 22.6 Å². The van der Waals surface area contributed by atoms with E-state index >= 15 is 0 Å². The Morgan fingerprint density at radius 3 is 2.93 bits per heavy atom. The molecule has 0 radical (unpaired) electrons. The standard InChI is InChI=1S/C24H24N2O2/c1-16-17(14-18-8-4-7-11-21(18)28-16)12-13-24-23(2,3)19-9-5-6-10-20(19)26(24)15-22(27)25-24/h4-14,21H,15H2,1-3H3,(H,25,27)/b13-12+/t21-,24+/m0/s1. The maximum atomic E-state index is 12.4. The number of nitrogens with one attached hydrogen (secondary N) is 1. The lowest BCUT2D eigenvalue weighted by atomic mass is 9.75. The first kappa shape index (κ1) is 17.1. The summed E-state index contributed by atoms with van der Waals surface area (Å²) in [6.45, 7) is 6.76. The predicted octanol–water partition coefficient (Wildman–Crippen LogP) is 3.89. The van der Waals surface area contributed by atoms with Gasteiger partial charge in [-0.1, -0.05) is 56.4 Å². The summed E-state index contributed by atoms with van der Waals surface area (Å²) in [7, 11) is 0. The number of carbonyl (C=O) groups excluding carboxylic acids is 1. The van der Waals surface area contributed by atoms with Gasteiger partial charge < -0.3 is 15.0 Å². The van der Waals surface area contributed by atoms with Crippen LogP contribution in [0.25, 0.3) is 0 Å². The van der Waals surface area contributed by atoms with Gasteiger partial charge in [0.05, 0.1) is 6.54 Å². The summed E-state index contributed by atoms with van der Waals surface area (Å²) in [5, 5.41) is 3.27. The number of ether oxygens (including phenoxy) is 1. The molecule has 1 fully saturated rings. The molecule has 4 nitrogen and oxygen atoms in total. The Kier molecular flexibility index (Phi) is 3.51. The van der Waals surface area contributed by atoms with Crippen molar-refractivity contribution >= 4 is 11.6 Å². The van der Waals surface area contributed by atoms with Gasteiger partial charge in [0.25, 0.3) is 0 Å².